The molecule has 4 heterocycles. The van der Waals surface area contributed by atoms with Gasteiger partial charge in [-0.15, -0.1) is 0 Å². The van der Waals surface area contributed by atoms with Crippen LogP contribution in [0.3, 0.4) is 0 Å². The van der Waals surface area contributed by atoms with Crippen molar-refractivity contribution in [1.82, 2.24) is 24.6 Å². The van der Waals surface area contributed by atoms with Crippen molar-refractivity contribution in [2.24, 2.45) is 7.05 Å². The van der Waals surface area contributed by atoms with E-state index in [1.54, 1.807) is 16.7 Å². The average Bonchev–Trinajstić information content (AvgIpc) is 3.22. The number of carbonyl (C=O) groups is 1. The van der Waals surface area contributed by atoms with Crippen LogP contribution < -0.4 is 4.74 Å². The predicted molar refractivity (Wildman–Crippen MR) is 136 cm³/mol. The van der Waals surface area contributed by atoms with Gasteiger partial charge in [0.2, 0.25) is 0 Å². The summed E-state index contributed by atoms with van der Waals surface area (Å²) in [5, 5.41) is 5.43. The molecule has 0 bridgehead atoms. The van der Waals surface area contributed by atoms with Gasteiger partial charge in [-0.2, -0.15) is 5.10 Å². The van der Waals surface area contributed by atoms with E-state index in [-0.39, 0.29) is 6.09 Å². The first-order valence-electron chi connectivity index (χ1n) is 12.0. The molecule has 0 radical (unpaired) electrons. The minimum Gasteiger partial charge on any atom is -0.495 e. The van der Waals surface area contributed by atoms with E-state index >= 15 is 0 Å². The van der Waals surface area contributed by atoms with Crippen molar-refractivity contribution in [3.63, 3.8) is 0 Å². The van der Waals surface area contributed by atoms with Gasteiger partial charge in [0.15, 0.2) is 0 Å². The average molecular weight is 474 g/mol. The lowest BCUT2D eigenvalue weighted by molar-refractivity contribution is 0.0204. The number of carbonyl (C=O) groups excluding carboxylic acids is 1. The van der Waals surface area contributed by atoms with E-state index in [0.29, 0.717) is 19.0 Å². The number of hydrogen-bond donors (Lipinski definition) is 0. The van der Waals surface area contributed by atoms with Crippen LogP contribution in [0, 0.1) is 0 Å². The minimum atomic E-state index is -0.479. The second-order valence-electron chi connectivity index (χ2n) is 10.1. The van der Waals surface area contributed by atoms with Crippen LogP contribution in [0.4, 0.5) is 4.79 Å². The van der Waals surface area contributed by atoms with E-state index in [1.165, 1.54) is 0 Å². The Kier molecular flexibility index (Phi) is 5.83. The molecular weight excluding hydrogens is 442 g/mol. The lowest BCUT2D eigenvalue weighted by atomic mass is 9.93. The number of methoxy groups -OCH3 is 1. The van der Waals surface area contributed by atoms with Crippen LogP contribution in [0.25, 0.3) is 33.2 Å². The van der Waals surface area contributed by atoms with Gasteiger partial charge in [-0.05, 0) is 70.0 Å². The van der Waals surface area contributed by atoms with Crippen molar-refractivity contribution < 1.29 is 14.3 Å². The third-order valence-corrected chi connectivity index (χ3v) is 6.36. The number of ether oxygens (including phenoxy) is 2. The molecule has 8 nitrogen and oxygen atoms in total. The summed E-state index contributed by atoms with van der Waals surface area (Å²) >= 11 is 0. The summed E-state index contributed by atoms with van der Waals surface area (Å²) in [4.78, 5) is 24.0. The summed E-state index contributed by atoms with van der Waals surface area (Å²) in [6, 6.07) is 12.1. The highest BCUT2D eigenvalue weighted by atomic mass is 16.6. The van der Waals surface area contributed by atoms with Crippen molar-refractivity contribution in [2.75, 3.05) is 20.2 Å². The Morgan fingerprint density at radius 1 is 0.971 bits per heavy atom. The molecule has 35 heavy (non-hydrogen) atoms. The number of pyridine rings is 2. The Morgan fingerprint density at radius 3 is 2.37 bits per heavy atom. The fourth-order valence-electron chi connectivity index (χ4n) is 4.70. The molecule has 5 rings (SSSR count). The van der Waals surface area contributed by atoms with Crippen LogP contribution in [-0.4, -0.2) is 56.5 Å². The predicted octanol–water partition coefficient (Wildman–Crippen LogP) is 5.31. The molecule has 1 amide bonds. The van der Waals surface area contributed by atoms with Crippen molar-refractivity contribution in [1.29, 1.82) is 0 Å². The van der Waals surface area contributed by atoms with Crippen LogP contribution in [0.5, 0.6) is 5.75 Å². The van der Waals surface area contributed by atoms with Gasteiger partial charge in [-0.3, -0.25) is 9.67 Å². The topological polar surface area (TPSA) is 82.4 Å². The molecule has 0 saturated carbocycles. The van der Waals surface area contributed by atoms with Crippen molar-refractivity contribution in [3.05, 3.63) is 48.3 Å². The summed E-state index contributed by atoms with van der Waals surface area (Å²) in [7, 11) is 3.58. The summed E-state index contributed by atoms with van der Waals surface area (Å²) in [6.45, 7) is 7.02. The van der Waals surface area contributed by atoms with Gasteiger partial charge in [0.1, 0.15) is 11.4 Å². The van der Waals surface area contributed by atoms with Crippen molar-refractivity contribution in [2.45, 2.75) is 45.1 Å². The van der Waals surface area contributed by atoms with Crippen LogP contribution in [0.2, 0.25) is 0 Å². The quantitative estimate of drug-likeness (QED) is 0.401. The SMILES string of the molecule is COc1c(-c2ccc3nc(C4CCN(C(=O)OC(C)(C)C)CC4)ccc3n2)ccc2nn(C)cc12. The molecule has 1 saturated heterocycles. The molecule has 0 atom stereocenters. The first-order valence-corrected chi connectivity index (χ1v) is 12.0. The highest BCUT2D eigenvalue weighted by molar-refractivity contribution is 5.93. The lowest BCUT2D eigenvalue weighted by Crippen LogP contribution is -2.41. The highest BCUT2D eigenvalue weighted by Gasteiger charge is 2.28. The van der Waals surface area contributed by atoms with Gasteiger partial charge in [-0.1, -0.05) is 0 Å². The summed E-state index contributed by atoms with van der Waals surface area (Å²) in [6.07, 6.45) is 3.46. The van der Waals surface area contributed by atoms with Crippen molar-refractivity contribution in [3.8, 4) is 17.0 Å². The Labute approximate surface area is 204 Å². The fraction of sp³-hybridized carbons (Fsp3) is 0.407. The second-order valence-corrected chi connectivity index (χ2v) is 10.1. The van der Waals surface area contributed by atoms with E-state index < -0.39 is 5.60 Å². The molecule has 4 aromatic rings. The summed E-state index contributed by atoms with van der Waals surface area (Å²) in [5.74, 6) is 1.08. The molecule has 0 N–H and O–H groups in total. The highest BCUT2D eigenvalue weighted by Crippen LogP contribution is 2.36. The Balaban J connectivity index is 1.36. The molecule has 0 unspecified atom stereocenters. The first kappa shape index (κ1) is 23.1. The summed E-state index contributed by atoms with van der Waals surface area (Å²) < 4.78 is 13.0. The van der Waals surface area contributed by atoms with Gasteiger partial charge in [-0.25, -0.2) is 9.78 Å². The number of likely N-dealkylation sites (tertiary alicyclic amines) is 1. The van der Waals surface area contributed by atoms with Gasteiger partial charge < -0.3 is 14.4 Å². The molecule has 1 aromatic carbocycles. The number of rotatable bonds is 3. The molecular formula is C27H31N5O3. The third kappa shape index (κ3) is 4.65. The van der Waals surface area contributed by atoms with E-state index in [4.69, 9.17) is 19.4 Å². The number of piperidine rings is 1. The summed E-state index contributed by atoms with van der Waals surface area (Å²) in [5.41, 5.74) is 4.91. The largest absolute Gasteiger partial charge is 0.495 e. The second kappa shape index (κ2) is 8.83. The number of benzene rings is 1. The smallest absolute Gasteiger partial charge is 0.410 e. The monoisotopic (exact) mass is 473 g/mol. The number of aryl methyl sites for hydroxylation is 1. The first-order chi connectivity index (χ1) is 16.7. The van der Waals surface area contributed by atoms with Crippen LogP contribution in [-0.2, 0) is 11.8 Å². The van der Waals surface area contributed by atoms with Crippen LogP contribution in [0.1, 0.15) is 45.2 Å². The van der Waals surface area contributed by atoms with E-state index in [1.807, 2.05) is 64.3 Å². The Morgan fingerprint density at radius 2 is 1.66 bits per heavy atom. The molecule has 8 heteroatoms. The number of fused-ring (bicyclic) bond motifs is 2. The molecule has 182 valence electrons. The van der Waals surface area contributed by atoms with Crippen LogP contribution >= 0.6 is 0 Å². The van der Waals surface area contributed by atoms with Gasteiger partial charge >= 0.3 is 6.09 Å². The number of amides is 1. The maximum atomic E-state index is 12.4. The van der Waals surface area contributed by atoms with Crippen LogP contribution in [0.15, 0.2) is 42.6 Å². The minimum absolute atomic E-state index is 0.237. The maximum absolute atomic E-state index is 12.4. The molecule has 3 aromatic heterocycles. The molecule has 1 aliphatic rings. The van der Waals surface area contributed by atoms with E-state index in [9.17, 15) is 4.79 Å². The van der Waals surface area contributed by atoms with E-state index in [0.717, 1.165) is 57.5 Å². The normalized spacial score (nSPS) is 15.1. The standard InChI is InChI=1S/C27H31N5O3/c1-27(2,3)35-26(33)32-14-12-17(13-15-32)20-8-10-24-23(28-20)11-9-21(29-24)18-6-7-22-19(25(18)34-5)16-31(4)30-22/h6-11,16-17H,12-15H2,1-5H3. The van der Waals surface area contributed by atoms with Gasteiger partial charge in [0, 0.05) is 43.5 Å². The fourth-order valence-corrected chi connectivity index (χ4v) is 4.70. The van der Waals surface area contributed by atoms with Gasteiger partial charge in [0.25, 0.3) is 0 Å². The lowest BCUT2D eigenvalue weighted by Gasteiger charge is -2.33. The zero-order valence-electron chi connectivity index (χ0n) is 20.9. The Bertz CT molecular complexity index is 1400. The van der Waals surface area contributed by atoms with Crippen molar-refractivity contribution >= 4 is 28.0 Å². The van der Waals surface area contributed by atoms with E-state index in [2.05, 4.69) is 11.2 Å². The zero-order valence-corrected chi connectivity index (χ0v) is 20.9. The number of nitrogens with zero attached hydrogens (tertiary/aromatic N) is 5. The molecule has 1 aliphatic heterocycles. The number of aromatic nitrogens is 4. The van der Waals surface area contributed by atoms with Gasteiger partial charge in [0.05, 0.1) is 34.7 Å². The zero-order chi connectivity index (χ0) is 24.7. The maximum Gasteiger partial charge on any atom is 0.410 e. The molecule has 0 spiro atoms. The molecule has 1 fully saturated rings. The molecule has 0 aliphatic carbocycles. The number of hydrogen-bond acceptors (Lipinski definition) is 6. The Hall–Kier alpha value is -3.68. The third-order valence-electron chi connectivity index (χ3n) is 6.36.